The second-order valence-electron chi connectivity index (χ2n) is 6.14. The van der Waals surface area contributed by atoms with E-state index in [1.54, 1.807) is 17.0 Å². The van der Waals surface area contributed by atoms with Gasteiger partial charge in [-0.2, -0.15) is 0 Å². The molecule has 1 fully saturated rings. The largest absolute Gasteiger partial charge is 0.459 e. The van der Waals surface area contributed by atoms with Gasteiger partial charge in [-0.3, -0.25) is 9.59 Å². The molecule has 0 aliphatic carbocycles. The summed E-state index contributed by atoms with van der Waals surface area (Å²) >= 11 is 1.53. The standard InChI is InChI=1S/C17H20N2O5S2/c20-16(5-7-18-17(21)15-4-1-8-24-15)19(11-14-3-2-9-25-14)13-6-10-26(22,23)12-13/h1-4,8-9,13H,5-7,10-12H2,(H,18,21)/t13-/m1/s1. The molecule has 0 bridgehead atoms. The van der Waals surface area contributed by atoms with E-state index in [1.807, 2.05) is 17.5 Å². The lowest BCUT2D eigenvalue weighted by molar-refractivity contribution is -0.133. The molecule has 1 N–H and O–H groups in total. The van der Waals surface area contributed by atoms with Crippen LogP contribution in [0.25, 0.3) is 0 Å². The Kier molecular flexibility index (Phi) is 5.77. The summed E-state index contributed by atoms with van der Waals surface area (Å²) in [7, 11) is -3.09. The van der Waals surface area contributed by atoms with E-state index in [0.717, 1.165) is 4.88 Å². The van der Waals surface area contributed by atoms with E-state index in [2.05, 4.69) is 5.32 Å². The number of rotatable bonds is 7. The van der Waals surface area contributed by atoms with E-state index in [1.165, 1.54) is 17.6 Å². The monoisotopic (exact) mass is 396 g/mol. The zero-order chi connectivity index (χ0) is 18.6. The lowest BCUT2D eigenvalue weighted by Gasteiger charge is -2.28. The molecule has 140 valence electrons. The van der Waals surface area contributed by atoms with Gasteiger partial charge in [0, 0.05) is 23.9 Å². The molecule has 2 amide bonds. The van der Waals surface area contributed by atoms with Crippen LogP contribution in [0.3, 0.4) is 0 Å². The average Bonchev–Trinajstić information content (AvgIpc) is 3.34. The van der Waals surface area contributed by atoms with Crippen LogP contribution in [-0.4, -0.2) is 49.2 Å². The first-order chi connectivity index (χ1) is 12.4. The number of nitrogens with one attached hydrogen (secondary N) is 1. The second-order valence-corrected chi connectivity index (χ2v) is 9.40. The fourth-order valence-electron chi connectivity index (χ4n) is 2.93. The highest BCUT2D eigenvalue weighted by molar-refractivity contribution is 7.91. The topological polar surface area (TPSA) is 96.7 Å². The van der Waals surface area contributed by atoms with Crippen molar-refractivity contribution in [1.82, 2.24) is 10.2 Å². The molecule has 0 unspecified atom stereocenters. The Hall–Kier alpha value is -2.13. The van der Waals surface area contributed by atoms with Crippen LogP contribution in [-0.2, 0) is 21.2 Å². The van der Waals surface area contributed by atoms with Gasteiger partial charge in [-0.25, -0.2) is 8.42 Å². The SMILES string of the molecule is O=C(NCCC(=O)N(Cc1cccs1)[C@@H]1CCS(=O)(=O)C1)c1ccco1. The molecule has 26 heavy (non-hydrogen) atoms. The van der Waals surface area contributed by atoms with Gasteiger partial charge in [-0.15, -0.1) is 11.3 Å². The molecule has 0 spiro atoms. The molecule has 3 rings (SSSR count). The minimum absolute atomic E-state index is 0.00285. The molecular weight excluding hydrogens is 376 g/mol. The van der Waals surface area contributed by atoms with Gasteiger partial charge in [0.15, 0.2) is 15.6 Å². The average molecular weight is 396 g/mol. The van der Waals surface area contributed by atoms with Gasteiger partial charge < -0.3 is 14.6 Å². The zero-order valence-electron chi connectivity index (χ0n) is 14.1. The van der Waals surface area contributed by atoms with Crippen molar-refractivity contribution < 1.29 is 22.4 Å². The zero-order valence-corrected chi connectivity index (χ0v) is 15.7. The van der Waals surface area contributed by atoms with Crippen molar-refractivity contribution in [3.63, 3.8) is 0 Å². The molecule has 2 aromatic rings. The van der Waals surface area contributed by atoms with Gasteiger partial charge >= 0.3 is 0 Å². The van der Waals surface area contributed by atoms with Crippen LogP contribution < -0.4 is 5.32 Å². The van der Waals surface area contributed by atoms with E-state index in [0.29, 0.717) is 13.0 Å². The number of carbonyl (C=O) groups is 2. The number of furan rings is 1. The number of amides is 2. The molecular formula is C17H20N2O5S2. The first-order valence-corrected chi connectivity index (χ1v) is 11.0. The van der Waals surface area contributed by atoms with Crippen molar-refractivity contribution in [2.45, 2.75) is 25.4 Å². The van der Waals surface area contributed by atoms with E-state index in [-0.39, 0.29) is 48.1 Å². The summed E-state index contributed by atoms with van der Waals surface area (Å²) in [5.41, 5.74) is 0. The van der Waals surface area contributed by atoms with Gasteiger partial charge in [0.25, 0.3) is 5.91 Å². The van der Waals surface area contributed by atoms with Crippen molar-refractivity contribution in [2.24, 2.45) is 0 Å². The van der Waals surface area contributed by atoms with Crippen molar-refractivity contribution in [3.05, 3.63) is 46.5 Å². The lowest BCUT2D eigenvalue weighted by atomic mass is 10.2. The van der Waals surface area contributed by atoms with Crippen LogP contribution >= 0.6 is 11.3 Å². The third-order valence-electron chi connectivity index (χ3n) is 4.25. The molecule has 7 nitrogen and oxygen atoms in total. The number of carbonyl (C=O) groups excluding carboxylic acids is 2. The Morgan fingerprint density at radius 1 is 1.31 bits per heavy atom. The molecule has 0 aromatic carbocycles. The second kappa shape index (κ2) is 8.05. The van der Waals surface area contributed by atoms with E-state index in [4.69, 9.17) is 4.42 Å². The quantitative estimate of drug-likeness (QED) is 0.768. The third-order valence-corrected chi connectivity index (χ3v) is 6.86. The van der Waals surface area contributed by atoms with Crippen molar-refractivity contribution >= 4 is 33.0 Å². The Bertz CT molecular complexity index is 844. The molecule has 3 heterocycles. The predicted octanol–water partition coefficient (Wildman–Crippen LogP) is 1.68. The molecule has 0 saturated carbocycles. The van der Waals surface area contributed by atoms with Gasteiger partial charge in [-0.1, -0.05) is 6.07 Å². The number of hydrogen-bond donors (Lipinski definition) is 1. The Morgan fingerprint density at radius 3 is 2.77 bits per heavy atom. The molecule has 1 aliphatic rings. The summed E-state index contributed by atoms with van der Waals surface area (Å²) in [6.45, 7) is 0.557. The number of hydrogen-bond acceptors (Lipinski definition) is 6. The molecule has 2 aromatic heterocycles. The van der Waals surface area contributed by atoms with Crippen LogP contribution in [0.15, 0.2) is 40.3 Å². The summed E-state index contributed by atoms with van der Waals surface area (Å²) < 4.78 is 28.6. The van der Waals surface area contributed by atoms with Gasteiger partial charge in [0.2, 0.25) is 5.91 Å². The van der Waals surface area contributed by atoms with E-state index >= 15 is 0 Å². The summed E-state index contributed by atoms with van der Waals surface area (Å²) in [5, 5.41) is 4.56. The van der Waals surface area contributed by atoms with Crippen LogP contribution in [0, 0.1) is 0 Å². The normalized spacial score (nSPS) is 18.5. The molecule has 0 radical (unpaired) electrons. The first-order valence-electron chi connectivity index (χ1n) is 8.28. The minimum Gasteiger partial charge on any atom is -0.459 e. The highest BCUT2D eigenvalue weighted by atomic mass is 32.2. The Balaban J connectivity index is 1.60. The van der Waals surface area contributed by atoms with Crippen molar-refractivity contribution in [1.29, 1.82) is 0 Å². The molecule has 1 aliphatic heterocycles. The highest BCUT2D eigenvalue weighted by Crippen LogP contribution is 2.22. The van der Waals surface area contributed by atoms with Crippen LogP contribution in [0.1, 0.15) is 28.3 Å². The first kappa shape index (κ1) is 18.7. The summed E-state index contributed by atoms with van der Waals surface area (Å²) in [6.07, 6.45) is 1.97. The predicted molar refractivity (Wildman–Crippen MR) is 97.6 cm³/mol. The van der Waals surface area contributed by atoms with Gasteiger partial charge in [0.05, 0.1) is 24.3 Å². The maximum Gasteiger partial charge on any atom is 0.286 e. The van der Waals surface area contributed by atoms with Crippen molar-refractivity contribution in [2.75, 3.05) is 18.1 Å². The smallest absolute Gasteiger partial charge is 0.286 e. The summed E-state index contributed by atoms with van der Waals surface area (Å²) in [6, 6.07) is 6.67. The number of thiophene rings is 1. The van der Waals surface area contributed by atoms with E-state index in [9.17, 15) is 18.0 Å². The maximum absolute atomic E-state index is 12.7. The van der Waals surface area contributed by atoms with Crippen LogP contribution in [0.4, 0.5) is 0 Å². The van der Waals surface area contributed by atoms with E-state index < -0.39 is 9.84 Å². The Morgan fingerprint density at radius 2 is 2.15 bits per heavy atom. The summed E-state index contributed by atoms with van der Waals surface area (Å²) in [4.78, 5) is 27.2. The molecule has 9 heteroatoms. The van der Waals surface area contributed by atoms with Crippen LogP contribution in [0.2, 0.25) is 0 Å². The molecule has 1 atom stereocenters. The fraction of sp³-hybridized carbons (Fsp3) is 0.412. The van der Waals surface area contributed by atoms with Gasteiger partial charge in [-0.05, 0) is 30.0 Å². The fourth-order valence-corrected chi connectivity index (χ4v) is 5.37. The molecule has 1 saturated heterocycles. The number of nitrogens with zero attached hydrogens (tertiary/aromatic N) is 1. The maximum atomic E-state index is 12.7. The number of sulfone groups is 1. The van der Waals surface area contributed by atoms with Crippen molar-refractivity contribution in [3.8, 4) is 0 Å². The van der Waals surface area contributed by atoms with Crippen LogP contribution in [0.5, 0.6) is 0 Å². The summed E-state index contributed by atoms with van der Waals surface area (Å²) in [5.74, 6) is -0.240. The third kappa shape index (κ3) is 4.73. The lowest BCUT2D eigenvalue weighted by Crippen LogP contribution is -2.41. The highest BCUT2D eigenvalue weighted by Gasteiger charge is 2.34. The Labute approximate surface area is 155 Å². The van der Waals surface area contributed by atoms with Gasteiger partial charge in [0.1, 0.15) is 0 Å². The minimum atomic E-state index is -3.09.